The van der Waals surface area contributed by atoms with Crippen molar-refractivity contribution in [2.75, 3.05) is 13.6 Å². The first kappa shape index (κ1) is 15.1. The molecule has 0 saturated carbocycles. The van der Waals surface area contributed by atoms with Gasteiger partial charge in [-0.3, -0.25) is 4.90 Å². The second-order valence-electron chi connectivity index (χ2n) is 5.15. The normalized spacial score (nSPS) is 14.8. The van der Waals surface area contributed by atoms with E-state index in [1.165, 1.54) is 6.07 Å². The molecule has 0 amide bonds. The zero-order valence-electron chi connectivity index (χ0n) is 11.7. The second-order valence-corrected chi connectivity index (χ2v) is 5.15. The number of nitrogens with zero attached hydrogens (tertiary/aromatic N) is 1. The predicted octanol–water partition coefficient (Wildman–Crippen LogP) is 3.34. The molecule has 0 aromatic heterocycles. The third-order valence-corrected chi connectivity index (χ3v) is 3.44. The lowest BCUT2D eigenvalue weighted by Crippen LogP contribution is -2.24. The Morgan fingerprint density at radius 2 is 1.89 bits per heavy atom. The average molecular weight is 252 g/mol. The predicted molar refractivity (Wildman–Crippen MR) is 74.9 cm³/mol. The van der Waals surface area contributed by atoms with Crippen LogP contribution < -0.4 is 5.73 Å². The monoisotopic (exact) mass is 252 g/mol. The van der Waals surface area contributed by atoms with Crippen LogP contribution in [-0.4, -0.2) is 24.5 Å². The quantitative estimate of drug-likeness (QED) is 0.754. The SMILES string of the molecule is CC(N)CCCCN(C)C(C)c1ccccc1F. The summed E-state index contributed by atoms with van der Waals surface area (Å²) >= 11 is 0. The summed E-state index contributed by atoms with van der Waals surface area (Å²) in [6, 6.07) is 7.39. The smallest absolute Gasteiger partial charge is 0.127 e. The van der Waals surface area contributed by atoms with E-state index in [-0.39, 0.29) is 17.9 Å². The Morgan fingerprint density at radius 3 is 2.50 bits per heavy atom. The Hall–Kier alpha value is -0.930. The van der Waals surface area contributed by atoms with Crippen LogP contribution >= 0.6 is 0 Å². The Kier molecular flexibility index (Phi) is 6.30. The van der Waals surface area contributed by atoms with Crippen LogP contribution in [0.1, 0.15) is 44.7 Å². The molecule has 2 unspecified atom stereocenters. The fourth-order valence-electron chi connectivity index (χ4n) is 2.07. The highest BCUT2D eigenvalue weighted by Crippen LogP contribution is 2.21. The number of hydrogen-bond acceptors (Lipinski definition) is 2. The number of nitrogens with two attached hydrogens (primary N) is 1. The molecule has 2 N–H and O–H groups in total. The Bertz CT molecular complexity index is 352. The van der Waals surface area contributed by atoms with Gasteiger partial charge in [0.15, 0.2) is 0 Å². The van der Waals surface area contributed by atoms with E-state index < -0.39 is 0 Å². The summed E-state index contributed by atoms with van der Waals surface area (Å²) in [7, 11) is 2.04. The van der Waals surface area contributed by atoms with E-state index in [4.69, 9.17) is 5.73 Å². The summed E-state index contributed by atoms with van der Waals surface area (Å²) in [5.74, 6) is -0.118. The first-order chi connectivity index (χ1) is 8.52. The molecule has 1 aromatic carbocycles. The van der Waals surface area contributed by atoms with E-state index >= 15 is 0 Å². The van der Waals surface area contributed by atoms with Crippen molar-refractivity contribution in [2.45, 2.75) is 45.2 Å². The molecule has 2 atom stereocenters. The third kappa shape index (κ3) is 4.75. The van der Waals surface area contributed by atoms with Crippen LogP contribution in [0.3, 0.4) is 0 Å². The largest absolute Gasteiger partial charge is 0.328 e. The van der Waals surface area contributed by atoms with Gasteiger partial charge in [0.25, 0.3) is 0 Å². The first-order valence-electron chi connectivity index (χ1n) is 6.72. The summed E-state index contributed by atoms with van der Waals surface area (Å²) in [6.07, 6.45) is 3.30. The Labute approximate surface area is 110 Å². The Balaban J connectivity index is 2.42. The van der Waals surface area contributed by atoms with Crippen molar-refractivity contribution in [1.29, 1.82) is 0 Å². The summed E-state index contributed by atoms with van der Waals surface area (Å²) < 4.78 is 13.7. The molecule has 1 rings (SSSR count). The first-order valence-corrected chi connectivity index (χ1v) is 6.72. The number of hydrogen-bond donors (Lipinski definition) is 1. The van der Waals surface area contributed by atoms with E-state index in [0.29, 0.717) is 0 Å². The molecule has 0 aliphatic rings. The fraction of sp³-hybridized carbons (Fsp3) is 0.600. The topological polar surface area (TPSA) is 29.3 Å². The van der Waals surface area contributed by atoms with Crippen LogP contribution in [-0.2, 0) is 0 Å². The van der Waals surface area contributed by atoms with Crippen LogP contribution in [0.4, 0.5) is 4.39 Å². The molecule has 18 heavy (non-hydrogen) atoms. The highest BCUT2D eigenvalue weighted by Gasteiger charge is 2.14. The average Bonchev–Trinajstić information content (AvgIpc) is 2.34. The van der Waals surface area contributed by atoms with Gasteiger partial charge in [-0.2, -0.15) is 0 Å². The molecule has 3 heteroatoms. The van der Waals surface area contributed by atoms with Gasteiger partial charge >= 0.3 is 0 Å². The van der Waals surface area contributed by atoms with Crippen LogP contribution in [0.25, 0.3) is 0 Å². The van der Waals surface area contributed by atoms with Gasteiger partial charge in [-0.05, 0) is 46.3 Å². The molecule has 0 aliphatic carbocycles. The van der Waals surface area contributed by atoms with Gasteiger partial charge in [0.05, 0.1) is 0 Å². The highest BCUT2D eigenvalue weighted by molar-refractivity contribution is 5.20. The maximum absolute atomic E-state index is 13.7. The molecular weight excluding hydrogens is 227 g/mol. The van der Waals surface area contributed by atoms with Crippen molar-refractivity contribution < 1.29 is 4.39 Å². The number of rotatable bonds is 7. The van der Waals surface area contributed by atoms with Gasteiger partial charge in [0, 0.05) is 17.6 Å². The van der Waals surface area contributed by atoms with Gasteiger partial charge in [-0.15, -0.1) is 0 Å². The summed E-state index contributed by atoms with van der Waals surface area (Å²) in [5, 5.41) is 0. The molecule has 0 radical (unpaired) electrons. The Morgan fingerprint density at radius 1 is 1.22 bits per heavy atom. The van der Waals surface area contributed by atoms with Gasteiger partial charge < -0.3 is 5.73 Å². The minimum absolute atomic E-state index is 0.112. The lowest BCUT2D eigenvalue weighted by atomic mass is 10.1. The van der Waals surface area contributed by atoms with Gasteiger partial charge in [-0.1, -0.05) is 24.6 Å². The number of unbranched alkanes of at least 4 members (excludes halogenated alkanes) is 1. The van der Waals surface area contributed by atoms with Gasteiger partial charge in [-0.25, -0.2) is 4.39 Å². The molecule has 2 nitrogen and oxygen atoms in total. The van der Waals surface area contributed by atoms with Crippen LogP contribution in [0.5, 0.6) is 0 Å². The number of halogens is 1. The van der Waals surface area contributed by atoms with Crippen LogP contribution in [0, 0.1) is 5.82 Å². The summed E-state index contributed by atoms with van der Waals surface area (Å²) in [4.78, 5) is 2.19. The van der Waals surface area contributed by atoms with Gasteiger partial charge in [0.2, 0.25) is 0 Å². The lowest BCUT2D eigenvalue weighted by Gasteiger charge is -2.25. The molecule has 0 saturated heterocycles. The minimum Gasteiger partial charge on any atom is -0.328 e. The highest BCUT2D eigenvalue weighted by atomic mass is 19.1. The molecule has 0 aliphatic heterocycles. The zero-order chi connectivity index (χ0) is 13.5. The lowest BCUT2D eigenvalue weighted by molar-refractivity contribution is 0.250. The van der Waals surface area contributed by atoms with Crippen molar-refractivity contribution in [3.63, 3.8) is 0 Å². The fourth-order valence-corrected chi connectivity index (χ4v) is 2.07. The molecule has 0 spiro atoms. The van der Waals surface area contributed by atoms with Gasteiger partial charge in [0.1, 0.15) is 5.82 Å². The van der Waals surface area contributed by atoms with Crippen molar-refractivity contribution in [3.8, 4) is 0 Å². The summed E-state index contributed by atoms with van der Waals surface area (Å²) in [6.45, 7) is 5.05. The molecular formula is C15H25FN2. The van der Waals surface area contributed by atoms with E-state index in [1.54, 1.807) is 6.07 Å². The number of benzene rings is 1. The molecule has 0 bridgehead atoms. The van der Waals surface area contributed by atoms with E-state index in [0.717, 1.165) is 31.4 Å². The van der Waals surface area contributed by atoms with Crippen molar-refractivity contribution in [3.05, 3.63) is 35.6 Å². The maximum atomic E-state index is 13.7. The maximum Gasteiger partial charge on any atom is 0.127 e. The third-order valence-electron chi connectivity index (χ3n) is 3.44. The molecule has 1 aromatic rings. The van der Waals surface area contributed by atoms with E-state index in [1.807, 2.05) is 33.0 Å². The van der Waals surface area contributed by atoms with E-state index in [2.05, 4.69) is 4.90 Å². The van der Waals surface area contributed by atoms with Crippen LogP contribution in [0.15, 0.2) is 24.3 Å². The molecule has 102 valence electrons. The second kappa shape index (κ2) is 7.49. The standard InChI is InChI=1S/C15H25FN2/c1-12(17)8-6-7-11-18(3)13(2)14-9-4-5-10-15(14)16/h4-5,9-10,12-13H,6-8,11,17H2,1-3H3. The minimum atomic E-state index is -0.118. The van der Waals surface area contributed by atoms with Crippen LogP contribution in [0.2, 0.25) is 0 Å². The van der Waals surface area contributed by atoms with Crippen molar-refractivity contribution >= 4 is 0 Å². The summed E-state index contributed by atoms with van der Waals surface area (Å²) in [5.41, 5.74) is 6.49. The van der Waals surface area contributed by atoms with E-state index in [9.17, 15) is 4.39 Å². The molecule has 0 heterocycles. The van der Waals surface area contributed by atoms with Crippen molar-refractivity contribution in [2.24, 2.45) is 5.73 Å². The zero-order valence-corrected chi connectivity index (χ0v) is 11.7. The molecule has 0 fully saturated rings. The van der Waals surface area contributed by atoms with Crippen molar-refractivity contribution in [1.82, 2.24) is 4.90 Å².